The van der Waals surface area contributed by atoms with Crippen molar-refractivity contribution in [2.24, 2.45) is 0 Å². The summed E-state index contributed by atoms with van der Waals surface area (Å²) in [7, 11) is 3.28. The summed E-state index contributed by atoms with van der Waals surface area (Å²) in [5, 5.41) is 2.50. The van der Waals surface area contributed by atoms with Crippen LogP contribution in [0, 0.1) is 13.8 Å². The lowest BCUT2D eigenvalue weighted by molar-refractivity contribution is -0.131. The van der Waals surface area contributed by atoms with E-state index in [-0.39, 0.29) is 25.0 Å². The monoisotopic (exact) mass is 264 g/mol. The SMILES string of the molecule is Cc1ccc(OCC(=O)NCC(=O)N(C)C)cc1C. The normalized spacial score (nSPS) is 9.89. The molecule has 0 aromatic heterocycles. The first kappa shape index (κ1) is 15.0. The Morgan fingerprint density at radius 2 is 1.89 bits per heavy atom. The van der Waals surface area contributed by atoms with Gasteiger partial charge in [0, 0.05) is 14.1 Å². The molecule has 0 heterocycles. The number of hydrogen-bond donors (Lipinski definition) is 1. The second kappa shape index (κ2) is 6.78. The first-order valence-electron chi connectivity index (χ1n) is 6.07. The van der Waals surface area contributed by atoms with Gasteiger partial charge in [0.15, 0.2) is 6.61 Å². The van der Waals surface area contributed by atoms with Gasteiger partial charge >= 0.3 is 0 Å². The Labute approximate surface area is 113 Å². The number of benzene rings is 1. The number of likely N-dealkylation sites (N-methyl/N-ethyl adjacent to an activating group) is 1. The molecule has 0 spiro atoms. The van der Waals surface area contributed by atoms with Crippen LogP contribution >= 0.6 is 0 Å². The average molecular weight is 264 g/mol. The highest BCUT2D eigenvalue weighted by Gasteiger charge is 2.07. The van der Waals surface area contributed by atoms with Crippen molar-refractivity contribution in [3.63, 3.8) is 0 Å². The maximum atomic E-state index is 11.5. The van der Waals surface area contributed by atoms with Crippen LogP contribution in [0.15, 0.2) is 18.2 Å². The molecule has 19 heavy (non-hydrogen) atoms. The molecule has 0 aliphatic heterocycles. The Kier molecular flexibility index (Phi) is 5.36. The van der Waals surface area contributed by atoms with E-state index < -0.39 is 0 Å². The summed E-state index contributed by atoms with van der Waals surface area (Å²) >= 11 is 0. The fourth-order valence-corrected chi connectivity index (χ4v) is 1.34. The minimum atomic E-state index is -0.312. The van der Waals surface area contributed by atoms with E-state index in [2.05, 4.69) is 5.32 Å². The third kappa shape index (κ3) is 4.99. The van der Waals surface area contributed by atoms with Gasteiger partial charge in [-0.15, -0.1) is 0 Å². The predicted molar refractivity (Wildman–Crippen MR) is 73.1 cm³/mol. The molecule has 1 N–H and O–H groups in total. The molecular formula is C14H20N2O3. The largest absolute Gasteiger partial charge is 0.484 e. The molecule has 0 fully saturated rings. The maximum Gasteiger partial charge on any atom is 0.258 e. The van der Waals surface area contributed by atoms with Gasteiger partial charge in [0.05, 0.1) is 6.54 Å². The van der Waals surface area contributed by atoms with E-state index in [1.165, 1.54) is 10.5 Å². The smallest absolute Gasteiger partial charge is 0.258 e. The molecule has 0 radical (unpaired) electrons. The summed E-state index contributed by atoms with van der Waals surface area (Å²) in [5.74, 6) is 0.185. The Hall–Kier alpha value is -2.04. The zero-order chi connectivity index (χ0) is 14.4. The Bertz CT molecular complexity index is 470. The van der Waals surface area contributed by atoms with Crippen molar-refractivity contribution in [3.8, 4) is 5.75 Å². The molecule has 0 atom stereocenters. The standard InChI is InChI=1S/C14H20N2O3/c1-10-5-6-12(7-11(10)2)19-9-13(17)15-8-14(18)16(3)4/h5-7H,8-9H2,1-4H3,(H,15,17). The number of amides is 2. The number of carbonyl (C=O) groups excluding carboxylic acids is 2. The van der Waals surface area contributed by atoms with E-state index in [4.69, 9.17) is 4.74 Å². The minimum absolute atomic E-state index is 0.0118. The van der Waals surface area contributed by atoms with Gasteiger partial charge in [0.2, 0.25) is 5.91 Å². The van der Waals surface area contributed by atoms with Crippen molar-refractivity contribution in [2.45, 2.75) is 13.8 Å². The second-order valence-corrected chi connectivity index (χ2v) is 4.60. The molecule has 104 valence electrons. The van der Waals surface area contributed by atoms with Crippen LogP contribution in [-0.2, 0) is 9.59 Å². The Morgan fingerprint density at radius 1 is 1.21 bits per heavy atom. The van der Waals surface area contributed by atoms with Crippen molar-refractivity contribution in [1.29, 1.82) is 0 Å². The molecule has 0 saturated carbocycles. The molecule has 5 nitrogen and oxygen atoms in total. The molecule has 0 saturated heterocycles. The van der Waals surface area contributed by atoms with Crippen molar-refractivity contribution in [3.05, 3.63) is 29.3 Å². The number of nitrogens with zero attached hydrogens (tertiary/aromatic N) is 1. The van der Waals surface area contributed by atoms with Gasteiger partial charge in [0.1, 0.15) is 5.75 Å². The minimum Gasteiger partial charge on any atom is -0.484 e. The molecular weight excluding hydrogens is 244 g/mol. The molecule has 0 aliphatic carbocycles. The van der Waals surface area contributed by atoms with Crippen molar-refractivity contribution >= 4 is 11.8 Å². The van der Waals surface area contributed by atoms with Crippen LogP contribution in [0.1, 0.15) is 11.1 Å². The second-order valence-electron chi connectivity index (χ2n) is 4.60. The number of aryl methyl sites for hydroxylation is 2. The van der Waals surface area contributed by atoms with Gasteiger partial charge in [-0.3, -0.25) is 9.59 Å². The number of nitrogens with one attached hydrogen (secondary N) is 1. The highest BCUT2D eigenvalue weighted by Crippen LogP contribution is 2.16. The van der Waals surface area contributed by atoms with Gasteiger partial charge in [-0.05, 0) is 37.1 Å². The fourth-order valence-electron chi connectivity index (χ4n) is 1.34. The van der Waals surface area contributed by atoms with Crippen LogP contribution in [0.5, 0.6) is 5.75 Å². The molecule has 1 aromatic carbocycles. The third-order valence-electron chi connectivity index (χ3n) is 2.78. The first-order chi connectivity index (χ1) is 8.90. The summed E-state index contributed by atoms with van der Waals surface area (Å²) in [5.41, 5.74) is 2.29. The first-order valence-corrected chi connectivity index (χ1v) is 6.07. The van der Waals surface area contributed by atoms with E-state index in [9.17, 15) is 9.59 Å². The number of rotatable bonds is 5. The van der Waals surface area contributed by atoms with Gasteiger partial charge in [-0.2, -0.15) is 0 Å². The Morgan fingerprint density at radius 3 is 2.47 bits per heavy atom. The zero-order valence-electron chi connectivity index (χ0n) is 11.8. The molecule has 5 heteroatoms. The van der Waals surface area contributed by atoms with Crippen LogP contribution in [0.4, 0.5) is 0 Å². The lowest BCUT2D eigenvalue weighted by Gasteiger charge is -2.11. The van der Waals surface area contributed by atoms with Crippen LogP contribution in [0.2, 0.25) is 0 Å². The summed E-state index contributed by atoms with van der Waals surface area (Å²) < 4.78 is 5.36. The fraction of sp³-hybridized carbons (Fsp3) is 0.429. The molecule has 0 aliphatic rings. The van der Waals surface area contributed by atoms with E-state index in [1.807, 2.05) is 32.0 Å². The van der Waals surface area contributed by atoms with Gasteiger partial charge in [-0.1, -0.05) is 6.07 Å². The van der Waals surface area contributed by atoms with Crippen LogP contribution in [0.25, 0.3) is 0 Å². The van der Waals surface area contributed by atoms with E-state index in [0.29, 0.717) is 5.75 Å². The van der Waals surface area contributed by atoms with Crippen molar-refractivity contribution in [1.82, 2.24) is 10.2 Å². The van der Waals surface area contributed by atoms with Crippen LogP contribution in [0.3, 0.4) is 0 Å². The molecule has 2 amide bonds. The average Bonchev–Trinajstić information content (AvgIpc) is 2.37. The summed E-state index contributed by atoms with van der Waals surface area (Å²) in [4.78, 5) is 24.2. The van der Waals surface area contributed by atoms with Crippen LogP contribution < -0.4 is 10.1 Å². The number of carbonyl (C=O) groups is 2. The topological polar surface area (TPSA) is 58.6 Å². The van der Waals surface area contributed by atoms with Gasteiger partial charge in [-0.25, -0.2) is 0 Å². The molecule has 0 bridgehead atoms. The van der Waals surface area contributed by atoms with Crippen molar-refractivity contribution < 1.29 is 14.3 Å². The lowest BCUT2D eigenvalue weighted by Crippen LogP contribution is -2.38. The van der Waals surface area contributed by atoms with E-state index >= 15 is 0 Å². The number of ether oxygens (including phenoxy) is 1. The zero-order valence-corrected chi connectivity index (χ0v) is 11.8. The maximum absolute atomic E-state index is 11.5. The van der Waals surface area contributed by atoms with Crippen LogP contribution in [-0.4, -0.2) is 44.0 Å². The quantitative estimate of drug-likeness (QED) is 0.859. The van der Waals surface area contributed by atoms with E-state index in [0.717, 1.165) is 5.56 Å². The third-order valence-corrected chi connectivity index (χ3v) is 2.78. The Balaban J connectivity index is 2.38. The highest BCUT2D eigenvalue weighted by molar-refractivity contribution is 5.85. The van der Waals surface area contributed by atoms with Gasteiger partial charge < -0.3 is 15.0 Å². The molecule has 1 aromatic rings. The van der Waals surface area contributed by atoms with E-state index in [1.54, 1.807) is 14.1 Å². The summed E-state index contributed by atoms with van der Waals surface area (Å²) in [6.07, 6.45) is 0. The summed E-state index contributed by atoms with van der Waals surface area (Å²) in [6, 6.07) is 5.65. The summed E-state index contributed by atoms with van der Waals surface area (Å²) in [6.45, 7) is 3.89. The lowest BCUT2D eigenvalue weighted by atomic mass is 10.1. The predicted octanol–water partition coefficient (Wildman–Crippen LogP) is 0.887. The highest BCUT2D eigenvalue weighted by atomic mass is 16.5. The van der Waals surface area contributed by atoms with Gasteiger partial charge in [0.25, 0.3) is 5.91 Å². The number of hydrogen-bond acceptors (Lipinski definition) is 3. The molecule has 1 rings (SSSR count). The molecule has 0 unspecified atom stereocenters. The van der Waals surface area contributed by atoms with Crippen molar-refractivity contribution in [2.75, 3.05) is 27.2 Å².